The molecule has 0 bridgehead atoms. The van der Waals surface area contributed by atoms with E-state index in [0.29, 0.717) is 18.5 Å². The van der Waals surface area contributed by atoms with E-state index in [0.717, 1.165) is 25.7 Å². The van der Waals surface area contributed by atoms with E-state index in [4.69, 9.17) is 0 Å². The predicted molar refractivity (Wildman–Crippen MR) is 70.0 cm³/mol. The molecule has 0 aromatic carbocycles. The Kier molecular flexibility index (Phi) is 5.85. The van der Waals surface area contributed by atoms with Gasteiger partial charge in [0.05, 0.1) is 0 Å². The molecule has 0 spiro atoms. The molecule has 3 N–H and O–H groups in total. The summed E-state index contributed by atoms with van der Waals surface area (Å²) in [5, 5.41) is 3.23. The van der Waals surface area contributed by atoms with Crippen LogP contribution in [-0.2, 0) is 10.2 Å². The molecule has 1 aliphatic carbocycles. The summed E-state index contributed by atoms with van der Waals surface area (Å²) in [7, 11) is -1.36. The standard InChI is InChI=1S/C11H25N3O2S/c1-9(2)8-13-17(15,16)14-11-6-4-10(12-3)5-7-11/h9-14H,4-8H2,1-3H3. The van der Waals surface area contributed by atoms with E-state index in [2.05, 4.69) is 14.8 Å². The Labute approximate surface area is 105 Å². The average molecular weight is 263 g/mol. The van der Waals surface area contributed by atoms with Gasteiger partial charge in [-0.3, -0.25) is 0 Å². The van der Waals surface area contributed by atoms with Crippen molar-refractivity contribution in [2.75, 3.05) is 13.6 Å². The van der Waals surface area contributed by atoms with Crippen molar-refractivity contribution in [1.82, 2.24) is 14.8 Å². The monoisotopic (exact) mass is 263 g/mol. The molecule has 1 saturated carbocycles. The van der Waals surface area contributed by atoms with Crippen LogP contribution < -0.4 is 14.8 Å². The molecule has 0 aromatic rings. The fraction of sp³-hybridized carbons (Fsp3) is 1.00. The summed E-state index contributed by atoms with van der Waals surface area (Å²) in [5.41, 5.74) is 0. The molecule has 0 radical (unpaired) electrons. The predicted octanol–water partition coefficient (Wildman–Crippen LogP) is 0.597. The quantitative estimate of drug-likeness (QED) is 0.657. The van der Waals surface area contributed by atoms with Crippen molar-refractivity contribution < 1.29 is 8.42 Å². The molecule has 17 heavy (non-hydrogen) atoms. The van der Waals surface area contributed by atoms with E-state index in [9.17, 15) is 8.42 Å². The summed E-state index contributed by atoms with van der Waals surface area (Å²) in [6.07, 6.45) is 3.89. The van der Waals surface area contributed by atoms with Gasteiger partial charge < -0.3 is 5.32 Å². The molecule has 5 nitrogen and oxygen atoms in total. The van der Waals surface area contributed by atoms with Crippen LogP contribution in [-0.4, -0.2) is 34.1 Å². The highest BCUT2D eigenvalue weighted by atomic mass is 32.2. The maximum absolute atomic E-state index is 11.7. The van der Waals surface area contributed by atoms with Crippen molar-refractivity contribution in [1.29, 1.82) is 0 Å². The first kappa shape index (κ1) is 14.9. The third-order valence-corrected chi connectivity index (χ3v) is 4.33. The van der Waals surface area contributed by atoms with Crippen LogP contribution in [0.15, 0.2) is 0 Å². The smallest absolute Gasteiger partial charge is 0.277 e. The molecule has 0 aliphatic heterocycles. The van der Waals surface area contributed by atoms with Gasteiger partial charge in [0.15, 0.2) is 0 Å². The van der Waals surface area contributed by atoms with Crippen LogP contribution in [0.2, 0.25) is 0 Å². The van der Waals surface area contributed by atoms with E-state index >= 15 is 0 Å². The second kappa shape index (κ2) is 6.68. The van der Waals surface area contributed by atoms with Crippen LogP contribution in [0.3, 0.4) is 0 Å². The highest BCUT2D eigenvalue weighted by molar-refractivity contribution is 7.87. The average Bonchev–Trinajstić information content (AvgIpc) is 2.27. The van der Waals surface area contributed by atoms with Gasteiger partial charge in [-0.15, -0.1) is 0 Å². The second-order valence-electron chi connectivity index (χ2n) is 5.20. The van der Waals surface area contributed by atoms with Crippen LogP contribution >= 0.6 is 0 Å². The molecular weight excluding hydrogens is 238 g/mol. The van der Waals surface area contributed by atoms with E-state index < -0.39 is 10.2 Å². The topological polar surface area (TPSA) is 70.2 Å². The van der Waals surface area contributed by atoms with E-state index in [1.54, 1.807) is 0 Å². The highest BCUT2D eigenvalue weighted by Gasteiger charge is 2.23. The van der Waals surface area contributed by atoms with Crippen molar-refractivity contribution in [2.45, 2.75) is 51.6 Å². The maximum Gasteiger partial charge on any atom is 0.277 e. The molecule has 6 heteroatoms. The van der Waals surface area contributed by atoms with Crippen LogP contribution in [0, 0.1) is 5.92 Å². The summed E-state index contributed by atoms with van der Waals surface area (Å²) in [4.78, 5) is 0. The van der Waals surface area contributed by atoms with Gasteiger partial charge in [-0.2, -0.15) is 13.1 Å². The van der Waals surface area contributed by atoms with E-state index in [1.807, 2.05) is 20.9 Å². The molecule has 1 aliphatic rings. The van der Waals surface area contributed by atoms with E-state index in [1.165, 1.54) is 0 Å². The molecular formula is C11H25N3O2S. The highest BCUT2D eigenvalue weighted by Crippen LogP contribution is 2.18. The van der Waals surface area contributed by atoms with Gasteiger partial charge in [0, 0.05) is 18.6 Å². The van der Waals surface area contributed by atoms with Crippen LogP contribution in [0.4, 0.5) is 0 Å². The van der Waals surface area contributed by atoms with Gasteiger partial charge in [0.25, 0.3) is 10.2 Å². The van der Waals surface area contributed by atoms with Crippen LogP contribution in [0.1, 0.15) is 39.5 Å². The zero-order valence-corrected chi connectivity index (χ0v) is 11.8. The zero-order valence-electron chi connectivity index (χ0n) is 11.0. The maximum atomic E-state index is 11.7. The van der Waals surface area contributed by atoms with Crippen molar-refractivity contribution >= 4 is 10.2 Å². The minimum absolute atomic E-state index is 0.0873. The number of hydrogen-bond donors (Lipinski definition) is 3. The minimum atomic E-state index is -3.32. The van der Waals surface area contributed by atoms with Crippen molar-refractivity contribution in [3.8, 4) is 0 Å². The van der Waals surface area contributed by atoms with Gasteiger partial charge in [0.2, 0.25) is 0 Å². The lowest BCUT2D eigenvalue weighted by Gasteiger charge is -2.28. The molecule has 0 unspecified atom stereocenters. The Bertz CT molecular complexity index is 309. The summed E-state index contributed by atoms with van der Waals surface area (Å²) in [5.74, 6) is 0.326. The van der Waals surface area contributed by atoms with E-state index in [-0.39, 0.29) is 6.04 Å². The first-order chi connectivity index (χ1) is 7.93. The minimum Gasteiger partial charge on any atom is -0.317 e. The second-order valence-corrected chi connectivity index (χ2v) is 6.73. The van der Waals surface area contributed by atoms with Crippen molar-refractivity contribution in [3.05, 3.63) is 0 Å². The van der Waals surface area contributed by atoms with Gasteiger partial charge in [-0.1, -0.05) is 13.8 Å². The van der Waals surface area contributed by atoms with Crippen LogP contribution in [0.25, 0.3) is 0 Å². The summed E-state index contributed by atoms with van der Waals surface area (Å²) in [6, 6.07) is 0.628. The first-order valence-corrected chi connectivity index (χ1v) is 7.85. The normalized spacial score (nSPS) is 26.4. The first-order valence-electron chi connectivity index (χ1n) is 6.37. The Morgan fingerprint density at radius 2 is 1.65 bits per heavy atom. The zero-order chi connectivity index (χ0) is 12.9. The fourth-order valence-corrected chi connectivity index (χ4v) is 3.35. The lowest BCUT2D eigenvalue weighted by atomic mass is 9.92. The third-order valence-electron chi connectivity index (χ3n) is 3.14. The lowest BCUT2D eigenvalue weighted by Crippen LogP contribution is -2.46. The van der Waals surface area contributed by atoms with Gasteiger partial charge >= 0.3 is 0 Å². The molecule has 102 valence electrons. The summed E-state index contributed by atoms with van der Waals surface area (Å²) < 4.78 is 28.7. The van der Waals surface area contributed by atoms with Crippen molar-refractivity contribution in [3.63, 3.8) is 0 Å². The molecule has 1 rings (SSSR count). The van der Waals surface area contributed by atoms with Crippen LogP contribution in [0.5, 0.6) is 0 Å². The van der Waals surface area contributed by atoms with Crippen molar-refractivity contribution in [2.24, 2.45) is 5.92 Å². The molecule has 1 fully saturated rings. The Hall–Kier alpha value is -0.170. The number of hydrogen-bond acceptors (Lipinski definition) is 3. The Morgan fingerprint density at radius 3 is 2.12 bits per heavy atom. The number of rotatable bonds is 6. The molecule has 0 atom stereocenters. The number of nitrogens with one attached hydrogen (secondary N) is 3. The third kappa shape index (κ3) is 5.81. The SMILES string of the molecule is CNC1CCC(NS(=O)(=O)NCC(C)C)CC1. The largest absolute Gasteiger partial charge is 0.317 e. The Balaban J connectivity index is 2.33. The fourth-order valence-electron chi connectivity index (χ4n) is 2.04. The summed E-state index contributed by atoms with van der Waals surface area (Å²) >= 11 is 0. The molecule has 0 saturated heterocycles. The van der Waals surface area contributed by atoms with Gasteiger partial charge in [0.1, 0.15) is 0 Å². The summed E-state index contributed by atoms with van der Waals surface area (Å²) in [6.45, 7) is 4.46. The van der Waals surface area contributed by atoms with Gasteiger partial charge in [-0.25, -0.2) is 4.72 Å². The molecule has 0 amide bonds. The lowest BCUT2D eigenvalue weighted by molar-refractivity contribution is 0.341. The Morgan fingerprint density at radius 1 is 1.12 bits per heavy atom. The molecule has 0 aromatic heterocycles. The van der Waals surface area contributed by atoms with Gasteiger partial charge in [-0.05, 0) is 38.6 Å². The molecule has 0 heterocycles.